The van der Waals surface area contributed by atoms with Crippen molar-refractivity contribution in [1.82, 2.24) is 4.98 Å². The van der Waals surface area contributed by atoms with Crippen molar-refractivity contribution in [3.63, 3.8) is 0 Å². The molecule has 0 aliphatic rings. The van der Waals surface area contributed by atoms with Crippen LogP contribution in [0.1, 0.15) is 10.4 Å². The lowest BCUT2D eigenvalue weighted by atomic mass is 10.1. The molecule has 4 nitrogen and oxygen atoms in total. The van der Waals surface area contributed by atoms with Crippen LogP contribution >= 0.6 is 11.3 Å². The Bertz CT molecular complexity index is 869. The van der Waals surface area contributed by atoms with Crippen LogP contribution in [0.25, 0.3) is 0 Å². The SMILES string of the molecule is O=C(COc1ccc(F)cc1F)Nc1ncc(Cc2ccccc2)s1. The molecule has 0 saturated carbocycles. The highest BCUT2D eigenvalue weighted by Gasteiger charge is 2.10. The van der Waals surface area contributed by atoms with E-state index in [9.17, 15) is 13.6 Å². The number of nitrogens with one attached hydrogen (secondary N) is 1. The van der Waals surface area contributed by atoms with E-state index in [-0.39, 0.29) is 5.75 Å². The number of carbonyl (C=O) groups is 1. The Morgan fingerprint density at radius 2 is 1.96 bits per heavy atom. The smallest absolute Gasteiger partial charge is 0.264 e. The average Bonchev–Trinajstić information content (AvgIpc) is 3.02. The van der Waals surface area contributed by atoms with Gasteiger partial charge in [0.2, 0.25) is 0 Å². The van der Waals surface area contributed by atoms with Crippen molar-refractivity contribution < 1.29 is 18.3 Å². The number of hydrogen-bond donors (Lipinski definition) is 1. The summed E-state index contributed by atoms with van der Waals surface area (Å²) >= 11 is 1.36. The number of benzene rings is 2. The normalized spacial score (nSPS) is 10.5. The summed E-state index contributed by atoms with van der Waals surface area (Å²) in [6.45, 7) is -0.393. The lowest BCUT2D eigenvalue weighted by Crippen LogP contribution is -2.20. The molecule has 0 bridgehead atoms. The van der Waals surface area contributed by atoms with Gasteiger partial charge in [-0.05, 0) is 17.7 Å². The Hall–Kier alpha value is -2.80. The van der Waals surface area contributed by atoms with E-state index in [2.05, 4.69) is 10.3 Å². The van der Waals surface area contributed by atoms with Crippen LogP contribution in [0.5, 0.6) is 5.75 Å². The molecule has 0 aliphatic carbocycles. The summed E-state index contributed by atoms with van der Waals surface area (Å²) in [5, 5.41) is 3.04. The van der Waals surface area contributed by atoms with Gasteiger partial charge in [-0.1, -0.05) is 30.3 Å². The number of carbonyl (C=O) groups excluding carboxylic acids is 1. The van der Waals surface area contributed by atoms with Gasteiger partial charge in [-0.3, -0.25) is 10.1 Å². The van der Waals surface area contributed by atoms with E-state index >= 15 is 0 Å². The van der Waals surface area contributed by atoms with Crippen molar-refractivity contribution in [2.24, 2.45) is 0 Å². The number of thiazole rings is 1. The standard InChI is InChI=1S/C18H14F2N2O2S/c19-13-6-7-16(15(20)9-13)24-11-17(23)22-18-21-10-14(25-18)8-12-4-2-1-3-5-12/h1-7,9-10H,8,11H2,(H,21,22,23). The first-order valence-electron chi connectivity index (χ1n) is 7.46. The minimum atomic E-state index is -0.854. The summed E-state index contributed by atoms with van der Waals surface area (Å²) in [5.41, 5.74) is 1.15. The third kappa shape index (κ3) is 4.84. The molecule has 1 N–H and O–H groups in total. The number of ether oxygens (including phenoxy) is 1. The van der Waals surface area contributed by atoms with Gasteiger partial charge in [0.25, 0.3) is 5.91 Å². The molecule has 128 valence electrons. The van der Waals surface area contributed by atoms with Crippen LogP contribution in [0.4, 0.5) is 13.9 Å². The molecule has 1 heterocycles. The largest absolute Gasteiger partial charge is 0.481 e. The predicted octanol–water partition coefficient (Wildman–Crippen LogP) is 4.03. The summed E-state index contributed by atoms with van der Waals surface area (Å²) in [6.07, 6.45) is 2.43. The second-order valence-electron chi connectivity index (χ2n) is 5.21. The third-order valence-corrected chi connectivity index (χ3v) is 4.19. The maximum absolute atomic E-state index is 13.4. The second kappa shape index (κ2) is 7.85. The lowest BCUT2D eigenvalue weighted by Gasteiger charge is -2.06. The van der Waals surface area contributed by atoms with E-state index < -0.39 is 24.1 Å². The molecule has 0 spiro atoms. The Morgan fingerprint density at radius 3 is 2.72 bits per heavy atom. The van der Waals surface area contributed by atoms with Gasteiger partial charge in [0, 0.05) is 23.6 Å². The molecule has 7 heteroatoms. The fourth-order valence-electron chi connectivity index (χ4n) is 2.13. The van der Waals surface area contributed by atoms with Crippen LogP contribution in [0, 0.1) is 11.6 Å². The Labute approximate surface area is 147 Å². The molecule has 25 heavy (non-hydrogen) atoms. The van der Waals surface area contributed by atoms with Crippen LogP contribution in [0.15, 0.2) is 54.7 Å². The molecule has 3 rings (SSSR count). The second-order valence-corrected chi connectivity index (χ2v) is 6.32. The Kier molecular flexibility index (Phi) is 5.35. The van der Waals surface area contributed by atoms with Gasteiger partial charge < -0.3 is 4.74 Å². The van der Waals surface area contributed by atoms with Crippen molar-refractivity contribution in [2.45, 2.75) is 6.42 Å². The molecule has 0 atom stereocenters. The number of anilines is 1. The van der Waals surface area contributed by atoms with Gasteiger partial charge in [0.05, 0.1) is 0 Å². The van der Waals surface area contributed by atoms with Gasteiger partial charge in [-0.2, -0.15) is 0 Å². The van der Waals surface area contributed by atoms with E-state index in [1.807, 2.05) is 30.3 Å². The fraction of sp³-hybridized carbons (Fsp3) is 0.111. The summed E-state index contributed by atoms with van der Waals surface area (Å²) in [4.78, 5) is 17.0. The van der Waals surface area contributed by atoms with Crippen molar-refractivity contribution in [1.29, 1.82) is 0 Å². The summed E-state index contributed by atoms with van der Waals surface area (Å²) in [7, 11) is 0. The first kappa shape index (κ1) is 17.0. The molecule has 3 aromatic rings. The number of nitrogens with zero attached hydrogens (tertiary/aromatic N) is 1. The summed E-state index contributed by atoms with van der Waals surface area (Å²) in [5.74, 6) is -2.21. The predicted molar refractivity (Wildman–Crippen MR) is 91.8 cm³/mol. The number of amides is 1. The highest BCUT2D eigenvalue weighted by molar-refractivity contribution is 7.15. The van der Waals surface area contributed by atoms with Gasteiger partial charge in [0.1, 0.15) is 5.82 Å². The molecular weight excluding hydrogens is 346 g/mol. The number of hydrogen-bond acceptors (Lipinski definition) is 4. The highest BCUT2D eigenvalue weighted by atomic mass is 32.1. The lowest BCUT2D eigenvalue weighted by molar-refractivity contribution is -0.118. The van der Waals surface area contributed by atoms with Crippen LogP contribution in [0.2, 0.25) is 0 Å². The van der Waals surface area contributed by atoms with E-state index in [1.165, 1.54) is 11.3 Å². The van der Waals surface area contributed by atoms with Gasteiger partial charge in [0.15, 0.2) is 23.3 Å². The quantitative estimate of drug-likeness (QED) is 0.722. The third-order valence-electron chi connectivity index (χ3n) is 3.27. The van der Waals surface area contributed by atoms with Crippen molar-refractivity contribution in [3.05, 3.63) is 76.8 Å². The number of halogens is 2. The Balaban J connectivity index is 1.53. The van der Waals surface area contributed by atoms with Crippen molar-refractivity contribution in [2.75, 3.05) is 11.9 Å². The van der Waals surface area contributed by atoms with Crippen LogP contribution in [0.3, 0.4) is 0 Å². The van der Waals surface area contributed by atoms with Crippen LogP contribution < -0.4 is 10.1 Å². The zero-order valence-electron chi connectivity index (χ0n) is 13.0. The maximum atomic E-state index is 13.4. The highest BCUT2D eigenvalue weighted by Crippen LogP contribution is 2.21. The van der Waals surface area contributed by atoms with E-state index in [4.69, 9.17) is 4.74 Å². The monoisotopic (exact) mass is 360 g/mol. The molecule has 1 aromatic heterocycles. The number of aromatic nitrogens is 1. The van der Waals surface area contributed by atoms with Crippen molar-refractivity contribution >= 4 is 22.4 Å². The van der Waals surface area contributed by atoms with E-state index in [0.717, 1.165) is 29.0 Å². The summed E-state index contributed by atoms with van der Waals surface area (Å²) < 4.78 is 31.3. The van der Waals surface area contributed by atoms with Crippen LogP contribution in [-0.4, -0.2) is 17.5 Å². The van der Waals surface area contributed by atoms with Crippen LogP contribution in [-0.2, 0) is 11.2 Å². The first-order chi connectivity index (χ1) is 12.1. The minimum absolute atomic E-state index is 0.180. The topological polar surface area (TPSA) is 51.2 Å². The maximum Gasteiger partial charge on any atom is 0.264 e. The Morgan fingerprint density at radius 1 is 1.16 bits per heavy atom. The zero-order valence-corrected chi connectivity index (χ0v) is 13.9. The fourth-order valence-corrected chi connectivity index (χ4v) is 3.00. The molecule has 1 amide bonds. The molecule has 0 unspecified atom stereocenters. The van der Waals surface area contributed by atoms with E-state index in [1.54, 1.807) is 6.20 Å². The first-order valence-corrected chi connectivity index (χ1v) is 8.28. The molecule has 0 fully saturated rings. The molecular formula is C18H14F2N2O2S. The van der Waals surface area contributed by atoms with Gasteiger partial charge in [-0.15, -0.1) is 11.3 Å². The minimum Gasteiger partial charge on any atom is -0.481 e. The van der Waals surface area contributed by atoms with Gasteiger partial charge in [-0.25, -0.2) is 13.8 Å². The average molecular weight is 360 g/mol. The molecule has 0 aliphatic heterocycles. The molecule has 0 saturated heterocycles. The van der Waals surface area contributed by atoms with E-state index in [0.29, 0.717) is 11.2 Å². The molecule has 0 radical (unpaired) electrons. The molecule has 2 aromatic carbocycles. The van der Waals surface area contributed by atoms with Gasteiger partial charge >= 0.3 is 0 Å². The summed E-state index contributed by atoms with van der Waals surface area (Å²) in [6, 6.07) is 12.8. The van der Waals surface area contributed by atoms with Crippen molar-refractivity contribution in [3.8, 4) is 5.75 Å². The number of rotatable bonds is 6. The zero-order chi connectivity index (χ0) is 17.6.